The quantitative estimate of drug-likeness (QED) is 0.795. The predicted molar refractivity (Wildman–Crippen MR) is 88.2 cm³/mol. The van der Waals surface area contributed by atoms with Crippen molar-refractivity contribution in [3.63, 3.8) is 0 Å². The molecule has 1 aromatic rings. The zero-order valence-corrected chi connectivity index (χ0v) is 14.3. The van der Waals surface area contributed by atoms with Gasteiger partial charge in [0.25, 0.3) is 5.91 Å². The van der Waals surface area contributed by atoms with Crippen LogP contribution in [-0.2, 0) is 16.6 Å². The van der Waals surface area contributed by atoms with E-state index in [4.69, 9.17) is 4.74 Å². The van der Waals surface area contributed by atoms with Crippen LogP contribution in [-0.4, -0.2) is 66.6 Å². The van der Waals surface area contributed by atoms with E-state index in [0.717, 1.165) is 39.0 Å². The topological polar surface area (TPSA) is 54.8 Å². The van der Waals surface area contributed by atoms with Gasteiger partial charge in [-0.3, -0.25) is 9.59 Å². The average molecular weight is 321 g/mol. The normalized spacial score (nSPS) is 15.7. The van der Waals surface area contributed by atoms with Crippen molar-refractivity contribution in [1.82, 2.24) is 14.4 Å². The molecular formula is C17H27N3O3. The molecule has 128 valence electrons. The molecule has 1 fully saturated rings. The molecule has 0 aromatic carbocycles. The van der Waals surface area contributed by atoms with Gasteiger partial charge < -0.3 is 19.1 Å². The molecule has 6 nitrogen and oxygen atoms in total. The summed E-state index contributed by atoms with van der Waals surface area (Å²) in [6.07, 6.45) is 4.92. The van der Waals surface area contributed by atoms with Gasteiger partial charge in [0.15, 0.2) is 0 Å². The Hall–Kier alpha value is -1.82. The van der Waals surface area contributed by atoms with Gasteiger partial charge in [-0.05, 0) is 37.3 Å². The van der Waals surface area contributed by atoms with Crippen molar-refractivity contribution >= 4 is 11.8 Å². The summed E-state index contributed by atoms with van der Waals surface area (Å²) in [4.78, 5) is 28.1. The second-order valence-electron chi connectivity index (χ2n) is 6.27. The monoisotopic (exact) mass is 321 g/mol. The maximum atomic E-state index is 12.4. The molecule has 0 atom stereocenters. The first kappa shape index (κ1) is 17.5. The van der Waals surface area contributed by atoms with E-state index in [1.807, 2.05) is 24.2 Å². The number of carbonyl (C=O) groups is 2. The van der Waals surface area contributed by atoms with Crippen molar-refractivity contribution < 1.29 is 14.3 Å². The molecule has 0 aliphatic carbocycles. The number of piperidine rings is 1. The van der Waals surface area contributed by atoms with Crippen LogP contribution in [0.15, 0.2) is 18.3 Å². The molecular weight excluding hydrogens is 294 g/mol. The highest BCUT2D eigenvalue weighted by atomic mass is 16.5. The molecule has 1 aromatic heterocycles. The molecule has 1 saturated heterocycles. The van der Waals surface area contributed by atoms with E-state index in [9.17, 15) is 9.59 Å². The smallest absolute Gasteiger partial charge is 0.270 e. The first-order valence-corrected chi connectivity index (χ1v) is 8.16. The van der Waals surface area contributed by atoms with Gasteiger partial charge in [0, 0.05) is 47.1 Å². The summed E-state index contributed by atoms with van der Waals surface area (Å²) in [5.74, 6) is 0.544. The van der Waals surface area contributed by atoms with E-state index in [2.05, 4.69) is 0 Å². The predicted octanol–water partition coefficient (Wildman–Crippen LogP) is 1.37. The summed E-state index contributed by atoms with van der Waals surface area (Å²) >= 11 is 0. The van der Waals surface area contributed by atoms with E-state index in [0.29, 0.717) is 11.6 Å². The Morgan fingerprint density at radius 1 is 1.35 bits per heavy atom. The van der Waals surface area contributed by atoms with Crippen LogP contribution in [0.2, 0.25) is 0 Å². The lowest BCUT2D eigenvalue weighted by molar-refractivity contribution is -0.133. The van der Waals surface area contributed by atoms with Crippen LogP contribution >= 0.6 is 0 Å². The van der Waals surface area contributed by atoms with Crippen molar-refractivity contribution in [2.24, 2.45) is 13.0 Å². The lowest BCUT2D eigenvalue weighted by atomic mass is 9.94. The van der Waals surface area contributed by atoms with E-state index >= 15 is 0 Å². The second kappa shape index (κ2) is 8.15. The Balaban J connectivity index is 1.81. The summed E-state index contributed by atoms with van der Waals surface area (Å²) in [6, 6.07) is 3.60. The molecule has 23 heavy (non-hydrogen) atoms. The molecule has 1 aliphatic heterocycles. The van der Waals surface area contributed by atoms with E-state index < -0.39 is 0 Å². The third-order valence-corrected chi connectivity index (χ3v) is 4.58. The number of hydrogen-bond acceptors (Lipinski definition) is 3. The molecule has 0 N–H and O–H groups in total. The number of aryl methyl sites for hydroxylation is 1. The summed E-state index contributed by atoms with van der Waals surface area (Å²) in [7, 11) is 5.23. The first-order chi connectivity index (χ1) is 11.0. The number of hydrogen-bond donors (Lipinski definition) is 0. The highest BCUT2D eigenvalue weighted by molar-refractivity contribution is 5.95. The third-order valence-electron chi connectivity index (χ3n) is 4.58. The Bertz CT molecular complexity index is 533. The van der Waals surface area contributed by atoms with Crippen LogP contribution in [0.5, 0.6) is 0 Å². The van der Waals surface area contributed by atoms with E-state index in [1.165, 1.54) is 4.90 Å². The Kier molecular flexibility index (Phi) is 6.21. The van der Waals surface area contributed by atoms with Crippen LogP contribution in [0.4, 0.5) is 0 Å². The number of likely N-dealkylation sites (N-methyl/N-ethyl adjacent to an activating group) is 1. The molecule has 0 radical (unpaired) electrons. The maximum absolute atomic E-state index is 12.4. The van der Waals surface area contributed by atoms with Crippen LogP contribution in [0.3, 0.4) is 0 Å². The molecule has 0 bridgehead atoms. The summed E-state index contributed by atoms with van der Waals surface area (Å²) in [6.45, 7) is 2.47. The van der Waals surface area contributed by atoms with Gasteiger partial charge in [-0.2, -0.15) is 0 Å². The summed E-state index contributed by atoms with van der Waals surface area (Å²) in [5.41, 5.74) is 0.596. The Morgan fingerprint density at radius 2 is 2.04 bits per heavy atom. The molecule has 0 spiro atoms. The number of likely N-dealkylation sites (tertiary alicyclic amines) is 1. The number of amides is 2. The highest BCUT2D eigenvalue weighted by Gasteiger charge is 2.25. The number of rotatable bonds is 6. The zero-order valence-electron chi connectivity index (χ0n) is 14.3. The van der Waals surface area contributed by atoms with Crippen LogP contribution in [0, 0.1) is 5.92 Å². The minimum Gasteiger partial charge on any atom is -0.385 e. The number of carbonyl (C=O) groups excluding carboxylic acids is 2. The molecule has 2 amide bonds. The average Bonchev–Trinajstić information content (AvgIpc) is 2.98. The van der Waals surface area contributed by atoms with Crippen LogP contribution in [0.1, 0.15) is 29.8 Å². The van der Waals surface area contributed by atoms with Gasteiger partial charge in [-0.15, -0.1) is 0 Å². The van der Waals surface area contributed by atoms with Gasteiger partial charge in [-0.1, -0.05) is 0 Å². The van der Waals surface area contributed by atoms with Gasteiger partial charge in [0.2, 0.25) is 5.91 Å². The SMILES string of the molecule is COCCC1CCN(C(=O)CN(C)C(=O)c2cccn2C)CC1. The van der Waals surface area contributed by atoms with Crippen molar-refractivity contribution in [2.75, 3.05) is 40.4 Å². The second-order valence-corrected chi connectivity index (χ2v) is 6.27. The van der Waals surface area contributed by atoms with Gasteiger partial charge >= 0.3 is 0 Å². The molecule has 1 aliphatic rings. The molecule has 0 unspecified atom stereocenters. The molecule has 2 heterocycles. The molecule has 6 heteroatoms. The lowest BCUT2D eigenvalue weighted by Crippen LogP contribution is -2.45. The minimum absolute atomic E-state index is 0.0280. The van der Waals surface area contributed by atoms with Crippen molar-refractivity contribution in [3.8, 4) is 0 Å². The van der Waals surface area contributed by atoms with Gasteiger partial charge in [-0.25, -0.2) is 0 Å². The van der Waals surface area contributed by atoms with Crippen molar-refractivity contribution in [2.45, 2.75) is 19.3 Å². The largest absolute Gasteiger partial charge is 0.385 e. The number of methoxy groups -OCH3 is 1. The fourth-order valence-electron chi connectivity index (χ4n) is 3.01. The van der Waals surface area contributed by atoms with Gasteiger partial charge in [0.05, 0.1) is 6.54 Å². The standard InChI is InChI=1S/C17H27N3O3/c1-18-9-4-5-15(18)17(22)19(2)13-16(21)20-10-6-14(7-11-20)8-12-23-3/h4-5,9,14H,6-8,10-13H2,1-3H3. The van der Waals surface area contributed by atoms with E-state index in [1.54, 1.807) is 24.8 Å². The Morgan fingerprint density at radius 3 is 2.61 bits per heavy atom. The Labute approximate surface area is 138 Å². The fraction of sp³-hybridized carbons (Fsp3) is 0.647. The van der Waals surface area contributed by atoms with Crippen LogP contribution < -0.4 is 0 Å². The summed E-state index contributed by atoms with van der Waals surface area (Å²) in [5, 5.41) is 0. The third kappa shape index (κ3) is 4.58. The number of nitrogens with zero attached hydrogens (tertiary/aromatic N) is 3. The van der Waals surface area contributed by atoms with Gasteiger partial charge in [0.1, 0.15) is 5.69 Å². The highest BCUT2D eigenvalue weighted by Crippen LogP contribution is 2.20. The maximum Gasteiger partial charge on any atom is 0.270 e. The van der Waals surface area contributed by atoms with Crippen LogP contribution in [0.25, 0.3) is 0 Å². The fourth-order valence-corrected chi connectivity index (χ4v) is 3.01. The first-order valence-electron chi connectivity index (χ1n) is 8.16. The molecule has 2 rings (SSSR count). The van der Waals surface area contributed by atoms with Crippen molar-refractivity contribution in [3.05, 3.63) is 24.0 Å². The summed E-state index contributed by atoms with van der Waals surface area (Å²) < 4.78 is 6.88. The number of aromatic nitrogens is 1. The number of ether oxygens (including phenoxy) is 1. The molecule has 0 saturated carbocycles. The minimum atomic E-state index is -0.124. The lowest BCUT2D eigenvalue weighted by Gasteiger charge is -2.33. The zero-order chi connectivity index (χ0) is 16.8. The van der Waals surface area contributed by atoms with E-state index in [-0.39, 0.29) is 18.4 Å². The van der Waals surface area contributed by atoms with Crippen molar-refractivity contribution in [1.29, 1.82) is 0 Å².